The molecule has 14 heavy (non-hydrogen) atoms. The van der Waals surface area contributed by atoms with Gasteiger partial charge in [0.1, 0.15) is 0 Å². The lowest BCUT2D eigenvalue weighted by molar-refractivity contribution is -0.131. The van der Waals surface area contributed by atoms with Crippen LogP contribution in [-0.4, -0.2) is 11.1 Å². The van der Waals surface area contributed by atoms with Gasteiger partial charge in [-0.05, 0) is 37.2 Å². The van der Waals surface area contributed by atoms with Crippen LogP contribution >= 0.6 is 0 Å². The van der Waals surface area contributed by atoms with Crippen LogP contribution in [0.15, 0.2) is 23.3 Å². The molecule has 0 saturated carbocycles. The molecule has 0 unspecified atom stereocenters. The zero-order valence-electron chi connectivity index (χ0n) is 9.13. The van der Waals surface area contributed by atoms with Gasteiger partial charge in [-0.15, -0.1) is 0 Å². The van der Waals surface area contributed by atoms with Crippen LogP contribution in [0.1, 0.15) is 40.0 Å². The minimum absolute atomic E-state index is 0.133. The van der Waals surface area contributed by atoms with Crippen molar-refractivity contribution in [2.24, 2.45) is 5.41 Å². The molecule has 1 aliphatic carbocycles. The fraction of sp³-hybridized carbons (Fsp3) is 0.583. The Kier molecular flexibility index (Phi) is 3.14. The lowest BCUT2D eigenvalue weighted by Gasteiger charge is -2.32. The Labute approximate surface area is 85.3 Å². The molecule has 0 aromatic rings. The fourth-order valence-electron chi connectivity index (χ4n) is 2.16. The molecule has 78 valence electrons. The van der Waals surface area contributed by atoms with E-state index in [1.165, 1.54) is 23.6 Å². The molecule has 0 radical (unpaired) electrons. The number of rotatable bonds is 2. The second-order valence-corrected chi connectivity index (χ2v) is 4.60. The van der Waals surface area contributed by atoms with Gasteiger partial charge in [0, 0.05) is 6.08 Å². The first-order valence-electron chi connectivity index (χ1n) is 5.05. The van der Waals surface area contributed by atoms with Crippen LogP contribution < -0.4 is 0 Å². The van der Waals surface area contributed by atoms with Crippen molar-refractivity contribution < 1.29 is 9.90 Å². The smallest absolute Gasteiger partial charge is 0.328 e. The highest BCUT2D eigenvalue weighted by atomic mass is 16.4. The Morgan fingerprint density at radius 3 is 2.64 bits per heavy atom. The Balaban J connectivity index is 2.96. The Morgan fingerprint density at radius 2 is 2.14 bits per heavy atom. The minimum Gasteiger partial charge on any atom is -0.478 e. The summed E-state index contributed by atoms with van der Waals surface area (Å²) in [6, 6.07) is 0. The number of aliphatic carboxylic acids is 1. The first kappa shape index (κ1) is 11.0. The van der Waals surface area contributed by atoms with E-state index in [2.05, 4.69) is 20.8 Å². The van der Waals surface area contributed by atoms with Crippen molar-refractivity contribution in [3.8, 4) is 0 Å². The van der Waals surface area contributed by atoms with Crippen molar-refractivity contribution in [2.75, 3.05) is 0 Å². The predicted molar refractivity (Wildman–Crippen MR) is 57.1 cm³/mol. The van der Waals surface area contributed by atoms with Crippen LogP contribution in [0.25, 0.3) is 0 Å². The highest BCUT2D eigenvalue weighted by molar-refractivity contribution is 5.80. The molecule has 0 aromatic carbocycles. The van der Waals surface area contributed by atoms with Gasteiger partial charge < -0.3 is 5.11 Å². The Bertz CT molecular complexity index is 295. The molecule has 0 spiro atoms. The van der Waals surface area contributed by atoms with Gasteiger partial charge in [-0.25, -0.2) is 4.79 Å². The summed E-state index contributed by atoms with van der Waals surface area (Å²) in [4.78, 5) is 10.5. The van der Waals surface area contributed by atoms with Gasteiger partial charge in [0.15, 0.2) is 0 Å². The molecule has 0 aromatic heterocycles. The number of hydrogen-bond acceptors (Lipinski definition) is 1. The molecular weight excluding hydrogens is 176 g/mol. The number of carboxylic acids is 1. The average Bonchev–Trinajstić information content (AvgIpc) is 2.01. The third-order valence-electron chi connectivity index (χ3n) is 2.94. The molecular formula is C12H18O2. The second-order valence-electron chi connectivity index (χ2n) is 4.60. The van der Waals surface area contributed by atoms with E-state index in [1.807, 2.05) is 0 Å². The van der Waals surface area contributed by atoms with E-state index in [0.29, 0.717) is 0 Å². The maximum atomic E-state index is 10.5. The van der Waals surface area contributed by atoms with Crippen LogP contribution in [0.2, 0.25) is 0 Å². The summed E-state index contributed by atoms with van der Waals surface area (Å²) < 4.78 is 0. The van der Waals surface area contributed by atoms with Crippen LogP contribution in [0, 0.1) is 5.41 Å². The SMILES string of the molecule is CC1=C(/C=C/C(=O)O)C(C)(C)CCC1. The first-order chi connectivity index (χ1) is 6.43. The van der Waals surface area contributed by atoms with Crippen molar-refractivity contribution in [2.45, 2.75) is 40.0 Å². The standard InChI is InChI=1S/C12H18O2/c1-9-5-4-8-12(2,3)10(9)6-7-11(13)14/h6-7H,4-5,8H2,1-3H3,(H,13,14)/b7-6+. The topological polar surface area (TPSA) is 37.3 Å². The molecule has 0 atom stereocenters. The third kappa shape index (κ3) is 2.47. The molecule has 0 bridgehead atoms. The fourth-order valence-corrected chi connectivity index (χ4v) is 2.16. The molecule has 0 saturated heterocycles. The molecule has 0 heterocycles. The zero-order chi connectivity index (χ0) is 10.8. The number of allylic oxidation sites excluding steroid dienone is 3. The Hall–Kier alpha value is -1.05. The second kappa shape index (κ2) is 3.99. The van der Waals surface area contributed by atoms with Crippen LogP contribution in [0.5, 0.6) is 0 Å². The molecule has 0 fully saturated rings. The molecule has 2 heteroatoms. The van der Waals surface area contributed by atoms with E-state index in [9.17, 15) is 4.79 Å². The summed E-state index contributed by atoms with van der Waals surface area (Å²) in [6.45, 7) is 6.46. The summed E-state index contributed by atoms with van der Waals surface area (Å²) in [5.74, 6) is -0.869. The zero-order valence-corrected chi connectivity index (χ0v) is 9.13. The number of hydrogen-bond donors (Lipinski definition) is 1. The largest absolute Gasteiger partial charge is 0.478 e. The number of carboxylic acid groups (broad SMARTS) is 1. The summed E-state index contributed by atoms with van der Waals surface area (Å²) in [7, 11) is 0. The van der Waals surface area contributed by atoms with E-state index in [0.717, 1.165) is 12.8 Å². The molecule has 2 nitrogen and oxygen atoms in total. The van der Waals surface area contributed by atoms with E-state index < -0.39 is 5.97 Å². The van der Waals surface area contributed by atoms with E-state index in [-0.39, 0.29) is 5.41 Å². The predicted octanol–water partition coefficient (Wildman–Crippen LogP) is 3.15. The van der Waals surface area contributed by atoms with Crippen molar-refractivity contribution >= 4 is 5.97 Å². The molecule has 0 aliphatic heterocycles. The van der Waals surface area contributed by atoms with Crippen LogP contribution in [-0.2, 0) is 4.79 Å². The van der Waals surface area contributed by atoms with Gasteiger partial charge in [-0.2, -0.15) is 0 Å². The lowest BCUT2D eigenvalue weighted by Crippen LogP contribution is -2.19. The van der Waals surface area contributed by atoms with Crippen LogP contribution in [0.3, 0.4) is 0 Å². The Morgan fingerprint density at radius 1 is 1.50 bits per heavy atom. The average molecular weight is 194 g/mol. The van der Waals surface area contributed by atoms with E-state index in [1.54, 1.807) is 6.08 Å². The van der Waals surface area contributed by atoms with Crippen molar-refractivity contribution in [3.63, 3.8) is 0 Å². The normalized spacial score (nSPS) is 21.6. The van der Waals surface area contributed by atoms with Gasteiger partial charge in [-0.1, -0.05) is 25.5 Å². The van der Waals surface area contributed by atoms with Gasteiger partial charge in [0.25, 0.3) is 0 Å². The molecule has 0 amide bonds. The quantitative estimate of drug-likeness (QED) is 0.685. The highest BCUT2D eigenvalue weighted by Crippen LogP contribution is 2.40. The summed E-state index contributed by atoms with van der Waals surface area (Å²) in [6.07, 6.45) is 6.46. The van der Waals surface area contributed by atoms with E-state index in [4.69, 9.17) is 5.11 Å². The monoisotopic (exact) mass is 194 g/mol. The maximum Gasteiger partial charge on any atom is 0.328 e. The van der Waals surface area contributed by atoms with Crippen LogP contribution in [0.4, 0.5) is 0 Å². The van der Waals surface area contributed by atoms with Gasteiger partial charge >= 0.3 is 5.97 Å². The van der Waals surface area contributed by atoms with Crippen molar-refractivity contribution in [1.82, 2.24) is 0 Å². The molecule has 1 aliphatic rings. The lowest BCUT2D eigenvalue weighted by atomic mass is 9.73. The highest BCUT2D eigenvalue weighted by Gasteiger charge is 2.26. The maximum absolute atomic E-state index is 10.5. The molecule has 1 N–H and O–H groups in total. The summed E-state index contributed by atoms with van der Waals surface area (Å²) in [5, 5.41) is 8.59. The number of carbonyl (C=O) groups is 1. The minimum atomic E-state index is -0.869. The van der Waals surface area contributed by atoms with Crippen molar-refractivity contribution in [3.05, 3.63) is 23.3 Å². The van der Waals surface area contributed by atoms with Crippen molar-refractivity contribution in [1.29, 1.82) is 0 Å². The molecule has 1 rings (SSSR count). The van der Waals surface area contributed by atoms with Gasteiger partial charge in [0.05, 0.1) is 0 Å². The van der Waals surface area contributed by atoms with Gasteiger partial charge in [-0.3, -0.25) is 0 Å². The summed E-state index contributed by atoms with van der Waals surface area (Å²) in [5.41, 5.74) is 2.67. The third-order valence-corrected chi connectivity index (χ3v) is 2.94. The summed E-state index contributed by atoms with van der Waals surface area (Å²) >= 11 is 0. The van der Waals surface area contributed by atoms with E-state index >= 15 is 0 Å². The van der Waals surface area contributed by atoms with Gasteiger partial charge in [0.2, 0.25) is 0 Å². The first-order valence-corrected chi connectivity index (χ1v) is 5.05.